The standard InChI is InChI=1S/C47H69NO11/c1-15-33-56-32-22-31-45(13,24-54-31)36-38(58-39(50)28-19-17-16-18-20-28)47(44(11,12)53)23-30(26(4)34(43(47,9)10)27(5)37(57-33)46(32,36)14)55-40(51)35(49)29(21-25(2)3)48-41(52)59-42(6,7)8/h15-20,25,27,29-33,35-38,49,53H,1,21-24H2,2-14H3,(H,48,52)/t27-,29-,30-,31+,32-,33?,35+,36+,37-,38-,45+,46+,47+/m0/s1. The van der Waals surface area contributed by atoms with Crippen molar-refractivity contribution < 1.29 is 53.0 Å². The number of ether oxygens (including phenoxy) is 6. The maximum absolute atomic E-state index is 14.6. The van der Waals surface area contributed by atoms with Crippen molar-refractivity contribution in [3.05, 3.63) is 59.7 Å². The fraction of sp³-hybridized carbons (Fsp3) is 0.723. The number of nitrogens with one attached hydrogen (secondary N) is 1. The molecule has 0 spiro atoms. The molecule has 12 heteroatoms. The van der Waals surface area contributed by atoms with E-state index < -0.39 is 93.6 Å². The molecule has 2 aliphatic heterocycles. The molecule has 2 heterocycles. The maximum atomic E-state index is 14.6. The first-order valence-electron chi connectivity index (χ1n) is 21.4. The van der Waals surface area contributed by atoms with Crippen LogP contribution in [0.5, 0.6) is 0 Å². The zero-order valence-electron chi connectivity index (χ0n) is 37.4. The topological polar surface area (TPSA) is 159 Å². The molecule has 4 fully saturated rings. The van der Waals surface area contributed by atoms with Crippen LogP contribution < -0.4 is 5.32 Å². The van der Waals surface area contributed by atoms with Gasteiger partial charge < -0.3 is 44.0 Å². The largest absolute Gasteiger partial charge is 0.458 e. The van der Waals surface area contributed by atoms with Crippen LogP contribution in [0, 0.1) is 39.4 Å². The van der Waals surface area contributed by atoms with Crippen molar-refractivity contribution in [2.45, 2.75) is 169 Å². The van der Waals surface area contributed by atoms with E-state index in [1.165, 1.54) is 0 Å². The average molecular weight is 824 g/mol. The van der Waals surface area contributed by atoms with Gasteiger partial charge in [0.25, 0.3) is 0 Å². The molecule has 1 aromatic rings. The minimum Gasteiger partial charge on any atom is -0.458 e. The molecule has 2 saturated heterocycles. The lowest BCUT2D eigenvalue weighted by molar-refractivity contribution is -0.390. The monoisotopic (exact) mass is 823 g/mol. The van der Waals surface area contributed by atoms with Gasteiger partial charge in [-0.2, -0.15) is 0 Å². The van der Waals surface area contributed by atoms with E-state index in [0.29, 0.717) is 18.6 Å². The number of rotatable bonds is 10. The maximum Gasteiger partial charge on any atom is 0.407 e. The summed E-state index contributed by atoms with van der Waals surface area (Å²) in [6, 6.07) is 7.81. The van der Waals surface area contributed by atoms with Crippen molar-refractivity contribution in [1.82, 2.24) is 5.32 Å². The minimum absolute atomic E-state index is 0.00382. The lowest BCUT2D eigenvalue weighted by atomic mass is 9.36. The molecule has 5 aliphatic rings. The first kappa shape index (κ1) is 45.2. The molecule has 59 heavy (non-hydrogen) atoms. The minimum atomic E-state index is -1.74. The zero-order valence-corrected chi connectivity index (χ0v) is 37.4. The molecule has 2 bridgehead atoms. The van der Waals surface area contributed by atoms with E-state index in [9.17, 15) is 24.6 Å². The van der Waals surface area contributed by atoms with Gasteiger partial charge in [0, 0.05) is 40.9 Å². The quantitative estimate of drug-likeness (QED) is 0.124. The Morgan fingerprint density at radius 2 is 1.66 bits per heavy atom. The molecular formula is C47H69NO11. The van der Waals surface area contributed by atoms with Crippen LogP contribution >= 0.6 is 0 Å². The van der Waals surface area contributed by atoms with Gasteiger partial charge in [0.05, 0.1) is 42.1 Å². The van der Waals surface area contributed by atoms with Gasteiger partial charge in [-0.25, -0.2) is 14.4 Å². The fourth-order valence-electron chi connectivity index (χ4n) is 12.4. The van der Waals surface area contributed by atoms with Gasteiger partial charge in [-0.15, -0.1) is 0 Å². The van der Waals surface area contributed by atoms with E-state index in [0.717, 1.165) is 11.1 Å². The second-order valence-corrected chi connectivity index (χ2v) is 20.9. The molecule has 6 rings (SSSR count). The normalized spacial score (nSPS) is 37.3. The summed E-state index contributed by atoms with van der Waals surface area (Å²) in [6.45, 7) is 29.6. The molecule has 3 aliphatic carbocycles. The smallest absolute Gasteiger partial charge is 0.407 e. The Balaban J connectivity index is 1.55. The van der Waals surface area contributed by atoms with E-state index in [1.54, 1.807) is 65.0 Å². The highest BCUT2D eigenvalue weighted by atomic mass is 16.7. The van der Waals surface area contributed by atoms with Gasteiger partial charge in [-0.1, -0.05) is 78.8 Å². The summed E-state index contributed by atoms with van der Waals surface area (Å²) >= 11 is 0. The van der Waals surface area contributed by atoms with Crippen molar-refractivity contribution in [1.29, 1.82) is 0 Å². The summed E-state index contributed by atoms with van der Waals surface area (Å²) in [7, 11) is 0. The van der Waals surface area contributed by atoms with Crippen molar-refractivity contribution in [3.63, 3.8) is 0 Å². The summed E-state index contributed by atoms with van der Waals surface area (Å²) < 4.78 is 38.9. The van der Waals surface area contributed by atoms with Crippen LogP contribution in [-0.2, 0) is 33.2 Å². The number of amides is 1. The van der Waals surface area contributed by atoms with E-state index in [1.807, 2.05) is 26.8 Å². The van der Waals surface area contributed by atoms with Crippen LogP contribution in [0.25, 0.3) is 0 Å². The number of aliphatic hydroxyl groups is 2. The SMILES string of the molecule is C=CC1O[C@H]2C[C@H]3OC[C@@]3(C)[C@H]3[C@H](OC(=O)c4ccccc4)[C@]4(C(C)(C)O)C[C@H](OC(=O)[C@H](O)[C@H](CC(C)C)NC(=O)OC(C)(C)C)C(C)=C([C@H](C)[C@H](O1)[C@]23C)C4(C)C. The van der Waals surface area contributed by atoms with Gasteiger partial charge >= 0.3 is 18.0 Å². The molecule has 2 saturated carbocycles. The van der Waals surface area contributed by atoms with Crippen LogP contribution in [0.3, 0.4) is 0 Å². The lowest BCUT2D eigenvalue weighted by Crippen LogP contribution is -2.79. The molecule has 13 atom stereocenters. The Hall–Kier alpha value is -3.29. The predicted octanol–water partition coefficient (Wildman–Crippen LogP) is 7.30. The van der Waals surface area contributed by atoms with Crippen molar-refractivity contribution >= 4 is 18.0 Å². The summed E-state index contributed by atoms with van der Waals surface area (Å²) in [4.78, 5) is 41.9. The molecule has 3 N–H and O–H groups in total. The third-order valence-corrected chi connectivity index (χ3v) is 14.8. The average Bonchev–Trinajstić information content (AvgIpc) is 3.11. The van der Waals surface area contributed by atoms with E-state index in [4.69, 9.17) is 28.4 Å². The number of carbonyl (C=O) groups is 3. The number of fused-ring (bicyclic) bond motifs is 4. The molecule has 0 radical (unpaired) electrons. The predicted molar refractivity (Wildman–Crippen MR) is 221 cm³/mol. The van der Waals surface area contributed by atoms with Crippen LogP contribution in [0.15, 0.2) is 54.1 Å². The highest BCUT2D eigenvalue weighted by Crippen LogP contribution is 2.73. The molecule has 12 nitrogen and oxygen atoms in total. The van der Waals surface area contributed by atoms with Gasteiger partial charge in [-0.3, -0.25) is 0 Å². The van der Waals surface area contributed by atoms with Gasteiger partial charge in [-0.05, 0) is 83.1 Å². The molecule has 1 aromatic carbocycles. The van der Waals surface area contributed by atoms with Crippen LogP contribution in [0.1, 0.15) is 120 Å². The molecule has 1 amide bonds. The van der Waals surface area contributed by atoms with E-state index in [2.05, 4.69) is 46.5 Å². The molecule has 0 aromatic heterocycles. The first-order chi connectivity index (χ1) is 27.2. The number of hydrogen-bond acceptors (Lipinski definition) is 11. The fourth-order valence-corrected chi connectivity index (χ4v) is 12.4. The van der Waals surface area contributed by atoms with Crippen LogP contribution in [0.4, 0.5) is 4.79 Å². The number of aliphatic hydroxyl groups excluding tert-OH is 1. The number of benzene rings is 1. The molecule has 1 unspecified atom stereocenters. The third kappa shape index (κ3) is 7.46. The second-order valence-electron chi connectivity index (χ2n) is 20.9. The van der Waals surface area contributed by atoms with E-state index in [-0.39, 0.29) is 36.9 Å². The summed E-state index contributed by atoms with van der Waals surface area (Å²) in [5.41, 5.74) is -3.91. The highest BCUT2D eigenvalue weighted by molar-refractivity contribution is 5.89. The second kappa shape index (κ2) is 15.6. The van der Waals surface area contributed by atoms with Crippen LogP contribution in [-0.4, -0.2) is 95.0 Å². The number of esters is 2. The first-order valence-corrected chi connectivity index (χ1v) is 21.4. The summed E-state index contributed by atoms with van der Waals surface area (Å²) in [6.07, 6.45) is -3.75. The summed E-state index contributed by atoms with van der Waals surface area (Å²) in [5.74, 6) is -2.29. The number of alkyl carbamates (subject to hydrolysis) is 1. The highest BCUT2D eigenvalue weighted by Gasteiger charge is 2.78. The Morgan fingerprint density at radius 3 is 2.20 bits per heavy atom. The number of carbonyl (C=O) groups excluding carboxylic acids is 3. The Bertz CT molecular complexity index is 1810. The number of hydrogen-bond donors (Lipinski definition) is 3. The summed E-state index contributed by atoms with van der Waals surface area (Å²) in [5, 5.41) is 27.4. The molecule has 328 valence electrons. The van der Waals surface area contributed by atoms with Crippen molar-refractivity contribution in [3.8, 4) is 0 Å². The van der Waals surface area contributed by atoms with Crippen molar-refractivity contribution in [2.24, 2.45) is 39.4 Å². The van der Waals surface area contributed by atoms with Crippen LogP contribution in [0.2, 0.25) is 0 Å². The zero-order chi connectivity index (χ0) is 43.8. The third-order valence-electron chi connectivity index (χ3n) is 14.8. The van der Waals surface area contributed by atoms with Crippen molar-refractivity contribution in [2.75, 3.05) is 6.61 Å². The Morgan fingerprint density at radius 1 is 1.02 bits per heavy atom. The van der Waals surface area contributed by atoms with Gasteiger partial charge in [0.1, 0.15) is 17.8 Å². The van der Waals surface area contributed by atoms with E-state index >= 15 is 0 Å². The van der Waals surface area contributed by atoms with Gasteiger partial charge in [0.15, 0.2) is 12.4 Å². The molecular weight excluding hydrogens is 755 g/mol. The Labute approximate surface area is 350 Å². The lowest BCUT2D eigenvalue weighted by Gasteiger charge is -2.74. The Kier molecular flexibility index (Phi) is 11.9. The van der Waals surface area contributed by atoms with Gasteiger partial charge in [0.2, 0.25) is 0 Å².